The summed E-state index contributed by atoms with van der Waals surface area (Å²) in [6.07, 6.45) is -9.22. The first kappa shape index (κ1) is 23.1. The smallest absolute Gasteiger partial charge is 0.455 e. The predicted octanol–water partition coefficient (Wildman–Crippen LogP) is 3.56. The molecule has 172 valence electrons. The molecule has 3 aromatic heterocycles. The molecule has 32 heavy (non-hydrogen) atoms. The maximum atomic E-state index is 13.6. The third-order valence-electron chi connectivity index (χ3n) is 4.22. The van der Waals surface area contributed by atoms with Gasteiger partial charge in [-0.25, -0.2) is 9.78 Å². The second-order valence-corrected chi connectivity index (χ2v) is 6.40. The number of halogens is 8. The van der Waals surface area contributed by atoms with Gasteiger partial charge in [-0.3, -0.25) is 13.9 Å². The summed E-state index contributed by atoms with van der Waals surface area (Å²) in [5.74, 6) is -6.13. The third-order valence-corrected chi connectivity index (χ3v) is 4.22. The van der Waals surface area contributed by atoms with Gasteiger partial charge in [0.1, 0.15) is 12.2 Å². The minimum absolute atomic E-state index is 0.0671. The fourth-order valence-corrected chi connectivity index (χ4v) is 2.72. The molecule has 0 amide bonds. The Labute approximate surface area is 171 Å². The van der Waals surface area contributed by atoms with Gasteiger partial charge in [-0.05, 0) is 12.1 Å². The highest BCUT2D eigenvalue weighted by Crippen LogP contribution is 2.37. The van der Waals surface area contributed by atoms with E-state index in [0.29, 0.717) is 16.8 Å². The van der Waals surface area contributed by atoms with Crippen LogP contribution in [-0.2, 0) is 17.5 Å². The highest BCUT2D eigenvalue weighted by atomic mass is 19.4. The first-order valence-corrected chi connectivity index (χ1v) is 8.35. The third kappa shape index (κ3) is 4.13. The topological polar surface area (TPSA) is 78.5 Å². The summed E-state index contributed by atoms with van der Waals surface area (Å²) in [4.78, 5) is 27.7. The highest BCUT2D eigenvalue weighted by Gasteiger charge is 2.57. The molecule has 0 N–H and O–H groups in total. The van der Waals surface area contributed by atoms with Crippen LogP contribution in [0.15, 0.2) is 35.5 Å². The Morgan fingerprint density at radius 3 is 2.34 bits per heavy atom. The van der Waals surface area contributed by atoms with Crippen LogP contribution in [-0.4, -0.2) is 44.3 Å². The number of alkyl halides is 8. The van der Waals surface area contributed by atoms with E-state index < -0.39 is 58.8 Å². The number of esters is 1. The number of pyridine rings is 1. The molecule has 0 radical (unpaired) electrons. The number of methoxy groups -OCH3 is 1. The zero-order valence-electron chi connectivity index (χ0n) is 15.6. The Hall–Kier alpha value is -3.52. The Morgan fingerprint density at radius 2 is 1.78 bits per heavy atom. The number of rotatable bonds is 4. The second-order valence-electron chi connectivity index (χ2n) is 6.40. The molecule has 3 aromatic rings. The highest BCUT2D eigenvalue weighted by molar-refractivity contribution is 5.90. The molecule has 0 aliphatic rings. The molecule has 0 saturated carbocycles. The number of ether oxygens (including phenoxy) is 1. The maximum Gasteiger partial charge on any atom is 0.455 e. The van der Waals surface area contributed by atoms with Gasteiger partial charge in [0, 0.05) is 18.0 Å². The van der Waals surface area contributed by atoms with Crippen molar-refractivity contribution < 1.29 is 44.7 Å². The summed E-state index contributed by atoms with van der Waals surface area (Å²) >= 11 is 0. The van der Waals surface area contributed by atoms with Crippen LogP contribution >= 0.6 is 0 Å². The minimum atomic E-state index is -5.92. The van der Waals surface area contributed by atoms with Gasteiger partial charge >= 0.3 is 24.2 Å². The summed E-state index contributed by atoms with van der Waals surface area (Å²) in [7, 11) is 1.02. The first-order chi connectivity index (χ1) is 14.7. The van der Waals surface area contributed by atoms with Gasteiger partial charge < -0.3 is 4.74 Å². The van der Waals surface area contributed by atoms with Crippen molar-refractivity contribution in [3.63, 3.8) is 0 Å². The normalized spacial score (nSPS) is 12.9. The maximum absolute atomic E-state index is 13.6. The van der Waals surface area contributed by atoms with Gasteiger partial charge in [0.25, 0.3) is 5.56 Å². The van der Waals surface area contributed by atoms with Crippen molar-refractivity contribution >= 4 is 11.6 Å². The minimum Gasteiger partial charge on any atom is -0.465 e. The van der Waals surface area contributed by atoms with Crippen LogP contribution in [0.25, 0.3) is 16.8 Å². The first-order valence-electron chi connectivity index (χ1n) is 8.35. The van der Waals surface area contributed by atoms with Gasteiger partial charge in [0.05, 0.1) is 24.4 Å². The molecule has 0 fully saturated rings. The summed E-state index contributed by atoms with van der Waals surface area (Å²) < 4.78 is 110. The lowest BCUT2D eigenvalue weighted by atomic mass is 10.1. The Kier molecular flexibility index (Phi) is 5.47. The van der Waals surface area contributed by atoms with Gasteiger partial charge in [-0.1, -0.05) is 0 Å². The van der Waals surface area contributed by atoms with E-state index in [1.165, 1.54) is 0 Å². The van der Waals surface area contributed by atoms with Crippen molar-refractivity contribution in [3.05, 3.63) is 52.3 Å². The molecule has 7 nitrogen and oxygen atoms in total. The van der Waals surface area contributed by atoms with Gasteiger partial charge in [0.15, 0.2) is 5.69 Å². The summed E-state index contributed by atoms with van der Waals surface area (Å²) in [6, 6.07) is 1.92. The van der Waals surface area contributed by atoms with Crippen LogP contribution in [0.1, 0.15) is 16.1 Å². The molecule has 0 unspecified atom stereocenters. The lowest BCUT2D eigenvalue weighted by Gasteiger charge is -2.19. The molecule has 0 spiro atoms. The van der Waals surface area contributed by atoms with E-state index in [4.69, 9.17) is 0 Å². The Morgan fingerprint density at radius 1 is 1.12 bits per heavy atom. The lowest BCUT2D eigenvalue weighted by Crippen LogP contribution is -2.40. The van der Waals surface area contributed by atoms with E-state index in [1.54, 1.807) is 0 Å². The fourth-order valence-electron chi connectivity index (χ4n) is 2.72. The fraction of sp³-hybridized carbons (Fsp3) is 0.294. The Balaban J connectivity index is 2.18. The van der Waals surface area contributed by atoms with E-state index in [1.807, 2.05) is 0 Å². The zero-order valence-corrected chi connectivity index (χ0v) is 15.6. The molecule has 3 heterocycles. The summed E-state index contributed by atoms with van der Waals surface area (Å²) in [5.41, 5.74) is -5.65. The molecule has 0 aromatic carbocycles. The lowest BCUT2D eigenvalue weighted by molar-refractivity contribution is -0.287. The van der Waals surface area contributed by atoms with Crippen molar-refractivity contribution in [2.45, 2.75) is 24.8 Å². The van der Waals surface area contributed by atoms with Crippen LogP contribution in [0.4, 0.5) is 35.1 Å². The predicted molar refractivity (Wildman–Crippen MR) is 90.0 cm³/mol. The van der Waals surface area contributed by atoms with Crippen molar-refractivity contribution in [1.29, 1.82) is 0 Å². The van der Waals surface area contributed by atoms with Crippen LogP contribution in [0.2, 0.25) is 0 Å². The average molecular weight is 470 g/mol. The average Bonchev–Trinajstić information content (AvgIpc) is 3.12. The quantitative estimate of drug-likeness (QED) is 0.431. The molecular weight excluding hydrogens is 460 g/mol. The Bertz CT molecular complexity index is 1240. The standard InChI is InChI=1S/C17H10F8N4O3/c1-32-14(31)8-2-3-29-10(4-8)27-12(16(20,21)22)11(13(29)30)9-5-26-28(6-9)7-15(18,19)17(23,24)25/h2-6H,7H2,1H3. The number of hydrogen-bond acceptors (Lipinski definition) is 5. The second kappa shape index (κ2) is 7.56. The molecule has 0 aliphatic carbocycles. The molecule has 0 saturated heterocycles. The van der Waals surface area contributed by atoms with Crippen molar-refractivity contribution in [2.24, 2.45) is 0 Å². The molecule has 0 atom stereocenters. The number of nitrogens with zero attached hydrogens (tertiary/aromatic N) is 4. The summed E-state index contributed by atoms with van der Waals surface area (Å²) in [6.45, 7) is -2.01. The van der Waals surface area contributed by atoms with E-state index in [9.17, 15) is 44.7 Å². The van der Waals surface area contributed by atoms with Crippen molar-refractivity contribution in [3.8, 4) is 11.1 Å². The number of hydrogen-bond donors (Lipinski definition) is 0. The van der Waals surface area contributed by atoms with E-state index in [2.05, 4.69) is 14.8 Å². The number of aromatic nitrogens is 4. The monoisotopic (exact) mass is 470 g/mol. The van der Waals surface area contributed by atoms with Crippen LogP contribution in [0.5, 0.6) is 0 Å². The molecule has 3 rings (SSSR count). The van der Waals surface area contributed by atoms with Gasteiger partial charge in [-0.2, -0.15) is 40.2 Å². The zero-order chi connectivity index (χ0) is 24.1. The summed E-state index contributed by atoms with van der Waals surface area (Å²) in [5, 5.41) is 3.22. The number of fused-ring (bicyclic) bond motifs is 1. The van der Waals surface area contributed by atoms with Crippen molar-refractivity contribution in [2.75, 3.05) is 7.11 Å². The molecule has 15 heteroatoms. The van der Waals surface area contributed by atoms with Gasteiger partial charge in [-0.15, -0.1) is 0 Å². The van der Waals surface area contributed by atoms with Crippen molar-refractivity contribution in [1.82, 2.24) is 19.2 Å². The molecule has 0 bridgehead atoms. The van der Waals surface area contributed by atoms with E-state index in [0.717, 1.165) is 25.4 Å². The number of carbonyl (C=O) groups excluding carboxylic acids is 1. The number of carbonyl (C=O) groups is 1. The van der Waals surface area contributed by atoms with Crippen LogP contribution < -0.4 is 5.56 Å². The SMILES string of the molecule is COC(=O)c1ccn2c(=O)c(-c3cnn(CC(F)(F)C(F)(F)F)c3)c(C(F)(F)F)nc2c1. The van der Waals surface area contributed by atoms with Gasteiger partial charge in [0.2, 0.25) is 0 Å². The molecular formula is C17H10F8N4O3. The van der Waals surface area contributed by atoms with Crippen LogP contribution in [0.3, 0.4) is 0 Å². The van der Waals surface area contributed by atoms with Crippen LogP contribution in [0, 0.1) is 0 Å². The van der Waals surface area contributed by atoms with E-state index >= 15 is 0 Å². The largest absolute Gasteiger partial charge is 0.465 e. The molecule has 0 aliphatic heterocycles. The van der Waals surface area contributed by atoms with E-state index in [-0.39, 0.29) is 10.2 Å².